The fraction of sp³-hybridized carbons (Fsp3) is 0.300. The number of urea groups is 1. The molecule has 2 amide bonds. The van der Waals surface area contributed by atoms with Crippen LogP contribution in [0.2, 0.25) is 0 Å². The average molecular weight is 221 g/mol. The van der Waals surface area contributed by atoms with Crippen LogP contribution in [0.4, 0.5) is 10.5 Å². The van der Waals surface area contributed by atoms with Crippen molar-refractivity contribution in [2.24, 2.45) is 0 Å². The fourth-order valence-electron chi connectivity index (χ4n) is 1.04. The molecule has 0 aliphatic carbocycles. The molecule has 16 heavy (non-hydrogen) atoms. The Labute approximate surface area is 94.0 Å². The van der Waals surface area contributed by atoms with E-state index in [1.807, 2.05) is 13.8 Å². The lowest BCUT2D eigenvalue weighted by Gasteiger charge is -2.12. The smallest absolute Gasteiger partial charge is 0.326 e. The van der Waals surface area contributed by atoms with Crippen molar-refractivity contribution in [1.29, 1.82) is 5.41 Å². The van der Waals surface area contributed by atoms with Crippen LogP contribution < -0.4 is 16.0 Å². The van der Waals surface area contributed by atoms with Gasteiger partial charge in [-0.05, 0) is 26.0 Å². The Morgan fingerprint density at radius 2 is 2.25 bits per heavy atom. The normalized spacial score (nSPS) is 9.69. The Morgan fingerprint density at radius 1 is 1.50 bits per heavy atom. The number of guanidine groups is 1. The first kappa shape index (κ1) is 12.0. The maximum atomic E-state index is 11.4. The van der Waals surface area contributed by atoms with Crippen LogP contribution in [0, 0.1) is 5.41 Å². The molecule has 0 unspecified atom stereocenters. The number of aromatic nitrogens is 1. The van der Waals surface area contributed by atoms with E-state index in [0.29, 0.717) is 5.69 Å². The minimum Gasteiger partial charge on any atom is -0.354 e. The zero-order valence-corrected chi connectivity index (χ0v) is 9.24. The van der Waals surface area contributed by atoms with Crippen molar-refractivity contribution in [1.82, 2.24) is 15.6 Å². The highest BCUT2D eigenvalue weighted by atomic mass is 16.2. The number of pyridine rings is 1. The van der Waals surface area contributed by atoms with Gasteiger partial charge in [0.15, 0.2) is 5.96 Å². The largest absolute Gasteiger partial charge is 0.354 e. The van der Waals surface area contributed by atoms with Gasteiger partial charge >= 0.3 is 6.03 Å². The molecule has 4 N–H and O–H groups in total. The molecule has 0 aliphatic rings. The van der Waals surface area contributed by atoms with E-state index in [2.05, 4.69) is 20.9 Å². The number of nitrogens with zero attached hydrogens (tertiary/aromatic N) is 1. The SMILES string of the molecule is CC(C)NC(=N)NC(=O)Nc1cccnc1. The number of carbonyl (C=O) groups is 1. The second kappa shape index (κ2) is 5.69. The quantitative estimate of drug-likeness (QED) is 0.446. The van der Waals surface area contributed by atoms with Gasteiger partial charge in [-0.2, -0.15) is 0 Å². The van der Waals surface area contributed by atoms with Gasteiger partial charge in [0.25, 0.3) is 0 Å². The zero-order valence-electron chi connectivity index (χ0n) is 9.24. The van der Waals surface area contributed by atoms with E-state index < -0.39 is 6.03 Å². The topological polar surface area (TPSA) is 89.9 Å². The molecule has 0 aliphatic heterocycles. The molecule has 1 aromatic rings. The van der Waals surface area contributed by atoms with E-state index in [4.69, 9.17) is 5.41 Å². The summed E-state index contributed by atoms with van der Waals surface area (Å²) in [6.45, 7) is 3.77. The molecular weight excluding hydrogens is 206 g/mol. The first-order valence-electron chi connectivity index (χ1n) is 4.91. The van der Waals surface area contributed by atoms with Crippen LogP contribution in [0.15, 0.2) is 24.5 Å². The van der Waals surface area contributed by atoms with Crippen molar-refractivity contribution in [3.63, 3.8) is 0 Å². The lowest BCUT2D eigenvalue weighted by Crippen LogP contribution is -2.44. The summed E-state index contributed by atoms with van der Waals surface area (Å²) in [7, 11) is 0. The van der Waals surface area contributed by atoms with Gasteiger partial charge in [0.2, 0.25) is 0 Å². The minimum absolute atomic E-state index is 0.0311. The minimum atomic E-state index is -0.467. The van der Waals surface area contributed by atoms with Crippen LogP contribution in [0.3, 0.4) is 0 Å². The molecule has 6 heteroatoms. The van der Waals surface area contributed by atoms with E-state index in [9.17, 15) is 4.79 Å². The van der Waals surface area contributed by atoms with E-state index in [1.165, 1.54) is 6.20 Å². The van der Waals surface area contributed by atoms with Crippen molar-refractivity contribution in [2.45, 2.75) is 19.9 Å². The van der Waals surface area contributed by atoms with Gasteiger partial charge in [-0.1, -0.05) is 0 Å². The standard InChI is InChI=1S/C10H15N5O/c1-7(2)13-9(11)15-10(16)14-8-4-3-5-12-6-8/h3-7H,1-2H3,(H4,11,13,14,15,16). The predicted octanol–water partition coefficient (Wildman–Crippen LogP) is 1.14. The van der Waals surface area contributed by atoms with Gasteiger partial charge in [0.05, 0.1) is 11.9 Å². The summed E-state index contributed by atoms with van der Waals surface area (Å²) >= 11 is 0. The second-order valence-electron chi connectivity index (χ2n) is 3.49. The number of hydrogen-bond donors (Lipinski definition) is 4. The van der Waals surface area contributed by atoms with Crippen LogP contribution in [0.5, 0.6) is 0 Å². The highest BCUT2D eigenvalue weighted by Crippen LogP contribution is 2.01. The Hall–Kier alpha value is -2.11. The summed E-state index contributed by atoms with van der Waals surface area (Å²) in [5.41, 5.74) is 0.581. The maximum absolute atomic E-state index is 11.4. The van der Waals surface area contributed by atoms with Gasteiger partial charge in [0.1, 0.15) is 0 Å². The molecule has 0 spiro atoms. The summed E-state index contributed by atoms with van der Waals surface area (Å²) in [6.07, 6.45) is 3.14. The Bertz CT molecular complexity index is 363. The predicted molar refractivity (Wildman–Crippen MR) is 62.4 cm³/mol. The second-order valence-corrected chi connectivity index (χ2v) is 3.49. The Kier molecular flexibility index (Phi) is 4.26. The summed E-state index contributed by atoms with van der Waals surface area (Å²) < 4.78 is 0. The first-order valence-corrected chi connectivity index (χ1v) is 4.91. The van der Waals surface area contributed by atoms with Gasteiger partial charge in [-0.15, -0.1) is 0 Å². The molecule has 6 nitrogen and oxygen atoms in total. The summed E-state index contributed by atoms with van der Waals surface area (Å²) in [4.78, 5) is 15.2. The monoisotopic (exact) mass is 221 g/mol. The van der Waals surface area contributed by atoms with E-state index in [-0.39, 0.29) is 12.0 Å². The lowest BCUT2D eigenvalue weighted by molar-refractivity contribution is 0.255. The third-order valence-corrected chi connectivity index (χ3v) is 1.59. The zero-order chi connectivity index (χ0) is 12.0. The number of hydrogen-bond acceptors (Lipinski definition) is 3. The maximum Gasteiger partial charge on any atom is 0.326 e. The lowest BCUT2D eigenvalue weighted by atomic mass is 10.4. The van der Waals surface area contributed by atoms with E-state index >= 15 is 0 Å². The number of rotatable bonds is 2. The molecule has 0 atom stereocenters. The summed E-state index contributed by atoms with van der Waals surface area (Å²) in [5, 5.41) is 15.1. The molecule has 0 radical (unpaired) electrons. The first-order chi connectivity index (χ1) is 7.58. The van der Waals surface area contributed by atoms with Gasteiger partial charge < -0.3 is 10.6 Å². The highest BCUT2D eigenvalue weighted by Gasteiger charge is 2.05. The third kappa shape index (κ3) is 4.41. The van der Waals surface area contributed by atoms with Crippen molar-refractivity contribution in [3.05, 3.63) is 24.5 Å². The van der Waals surface area contributed by atoms with Crippen LogP contribution in [-0.2, 0) is 0 Å². The van der Waals surface area contributed by atoms with Crippen molar-refractivity contribution >= 4 is 17.7 Å². The molecule has 0 bridgehead atoms. The molecule has 1 aromatic heterocycles. The van der Waals surface area contributed by atoms with Gasteiger partial charge in [-0.25, -0.2) is 4.79 Å². The number of amides is 2. The molecule has 1 rings (SSSR count). The average Bonchev–Trinajstić information content (AvgIpc) is 2.17. The van der Waals surface area contributed by atoms with Gasteiger partial charge in [0, 0.05) is 12.2 Å². The number of nitrogens with one attached hydrogen (secondary N) is 4. The molecular formula is C10H15N5O. The van der Waals surface area contributed by atoms with Gasteiger partial charge in [-0.3, -0.25) is 15.7 Å². The van der Waals surface area contributed by atoms with Crippen molar-refractivity contribution in [2.75, 3.05) is 5.32 Å². The number of carbonyl (C=O) groups excluding carboxylic acids is 1. The van der Waals surface area contributed by atoms with Crippen LogP contribution >= 0.6 is 0 Å². The molecule has 0 aromatic carbocycles. The van der Waals surface area contributed by atoms with E-state index in [0.717, 1.165) is 0 Å². The molecule has 0 saturated carbocycles. The van der Waals surface area contributed by atoms with E-state index in [1.54, 1.807) is 18.3 Å². The summed E-state index contributed by atoms with van der Waals surface area (Å²) in [6, 6.07) is 3.07. The highest BCUT2D eigenvalue weighted by molar-refractivity contribution is 6.01. The van der Waals surface area contributed by atoms with Crippen LogP contribution in [-0.4, -0.2) is 23.0 Å². The molecule has 0 fully saturated rings. The molecule has 1 heterocycles. The van der Waals surface area contributed by atoms with Crippen molar-refractivity contribution in [3.8, 4) is 0 Å². The summed E-state index contributed by atoms with van der Waals surface area (Å²) in [5.74, 6) is -0.0311. The van der Waals surface area contributed by atoms with Crippen LogP contribution in [0.1, 0.15) is 13.8 Å². The number of anilines is 1. The Morgan fingerprint density at radius 3 is 2.81 bits per heavy atom. The molecule has 86 valence electrons. The fourth-order valence-corrected chi connectivity index (χ4v) is 1.04. The molecule has 0 saturated heterocycles. The van der Waals surface area contributed by atoms with Crippen molar-refractivity contribution < 1.29 is 4.79 Å². The Balaban J connectivity index is 2.39. The third-order valence-electron chi connectivity index (χ3n) is 1.59. The van der Waals surface area contributed by atoms with Crippen LogP contribution in [0.25, 0.3) is 0 Å².